The first kappa shape index (κ1) is 18.4. The number of esters is 1. The number of rotatable bonds is 10. The van der Waals surface area contributed by atoms with Gasteiger partial charge in [0.15, 0.2) is 0 Å². The zero-order valence-electron chi connectivity index (χ0n) is 13.4. The maximum atomic E-state index is 11.2. The van der Waals surface area contributed by atoms with E-state index in [0.29, 0.717) is 13.2 Å². The van der Waals surface area contributed by atoms with Crippen LogP contribution in [-0.4, -0.2) is 39.2 Å². The highest BCUT2D eigenvalue weighted by Gasteiger charge is 2.11. The van der Waals surface area contributed by atoms with E-state index in [2.05, 4.69) is 0 Å². The van der Waals surface area contributed by atoms with E-state index >= 15 is 0 Å². The van der Waals surface area contributed by atoms with Crippen molar-refractivity contribution in [3.05, 3.63) is 48.0 Å². The molecular formula is C17H24O5. The fourth-order valence-electron chi connectivity index (χ4n) is 1.71. The van der Waals surface area contributed by atoms with Crippen LogP contribution in [0.3, 0.4) is 0 Å². The third-order valence-electron chi connectivity index (χ3n) is 2.82. The molecule has 0 saturated carbocycles. The molecule has 0 aromatic heterocycles. The highest BCUT2D eigenvalue weighted by atomic mass is 16.7. The quantitative estimate of drug-likeness (QED) is 0.288. The van der Waals surface area contributed by atoms with E-state index < -0.39 is 6.10 Å². The Hall–Kier alpha value is -1.69. The summed E-state index contributed by atoms with van der Waals surface area (Å²) in [5.41, 5.74) is 0.914. The van der Waals surface area contributed by atoms with E-state index in [1.54, 1.807) is 7.11 Å². The number of carbonyl (C=O) groups excluding carboxylic acids is 1. The predicted octanol–water partition coefficient (Wildman–Crippen LogP) is 2.87. The maximum absolute atomic E-state index is 11.2. The lowest BCUT2D eigenvalue weighted by Crippen LogP contribution is -2.12. The number of hydrogen-bond acceptors (Lipinski definition) is 5. The van der Waals surface area contributed by atoms with E-state index in [-0.39, 0.29) is 18.9 Å². The molecule has 1 aromatic carbocycles. The van der Waals surface area contributed by atoms with Crippen LogP contribution in [0, 0.1) is 0 Å². The first-order chi connectivity index (χ1) is 10.6. The van der Waals surface area contributed by atoms with Crippen molar-refractivity contribution in [3.8, 4) is 0 Å². The Morgan fingerprint density at radius 2 is 1.91 bits per heavy atom. The lowest BCUT2D eigenvalue weighted by atomic mass is 10.1. The Morgan fingerprint density at radius 3 is 2.55 bits per heavy atom. The number of benzene rings is 1. The molecule has 0 unspecified atom stereocenters. The van der Waals surface area contributed by atoms with Crippen LogP contribution in [0.2, 0.25) is 0 Å². The van der Waals surface area contributed by atoms with Gasteiger partial charge in [-0.3, -0.25) is 4.79 Å². The normalized spacial score (nSPS) is 14.0. The minimum Gasteiger partial charge on any atom is -0.453 e. The van der Waals surface area contributed by atoms with Crippen molar-refractivity contribution in [2.75, 3.05) is 27.1 Å². The van der Waals surface area contributed by atoms with E-state index in [1.807, 2.05) is 49.4 Å². The van der Waals surface area contributed by atoms with Gasteiger partial charge < -0.3 is 18.9 Å². The van der Waals surface area contributed by atoms with E-state index in [0.717, 1.165) is 5.56 Å². The fraction of sp³-hybridized carbons (Fsp3) is 0.471. The third-order valence-corrected chi connectivity index (χ3v) is 2.82. The molecule has 0 bridgehead atoms. The van der Waals surface area contributed by atoms with Gasteiger partial charge in [-0.25, -0.2) is 0 Å². The second-order valence-corrected chi connectivity index (χ2v) is 4.72. The lowest BCUT2D eigenvalue weighted by molar-refractivity contribution is -0.144. The highest BCUT2D eigenvalue weighted by molar-refractivity contribution is 5.66. The molecule has 1 aromatic rings. The molecule has 2 atom stereocenters. The highest BCUT2D eigenvalue weighted by Crippen LogP contribution is 2.19. The summed E-state index contributed by atoms with van der Waals surface area (Å²) in [6.07, 6.45) is 3.10. The van der Waals surface area contributed by atoms with Gasteiger partial charge in [0.05, 0.1) is 19.3 Å². The summed E-state index contributed by atoms with van der Waals surface area (Å²) in [7, 11) is 1.62. The van der Waals surface area contributed by atoms with Crippen molar-refractivity contribution >= 4 is 5.97 Å². The van der Waals surface area contributed by atoms with Crippen molar-refractivity contribution in [2.24, 2.45) is 0 Å². The lowest BCUT2D eigenvalue weighted by Gasteiger charge is -2.15. The third kappa shape index (κ3) is 7.93. The summed E-state index contributed by atoms with van der Waals surface area (Å²) in [6, 6.07) is 9.56. The van der Waals surface area contributed by atoms with Crippen LogP contribution >= 0.6 is 0 Å². The first-order valence-corrected chi connectivity index (χ1v) is 7.22. The minimum atomic E-state index is -0.417. The summed E-state index contributed by atoms with van der Waals surface area (Å²) in [6.45, 7) is 4.51. The van der Waals surface area contributed by atoms with Crippen LogP contribution in [0.1, 0.15) is 25.5 Å². The molecule has 0 amide bonds. The molecule has 5 heteroatoms. The minimum absolute atomic E-state index is 0.149. The fourth-order valence-corrected chi connectivity index (χ4v) is 1.71. The van der Waals surface area contributed by atoms with Crippen molar-refractivity contribution in [3.63, 3.8) is 0 Å². The van der Waals surface area contributed by atoms with Gasteiger partial charge in [0.25, 0.3) is 0 Å². The van der Waals surface area contributed by atoms with Gasteiger partial charge in [-0.15, -0.1) is 0 Å². The van der Waals surface area contributed by atoms with Gasteiger partial charge in [-0.2, -0.15) is 0 Å². The molecule has 0 aliphatic heterocycles. The van der Waals surface area contributed by atoms with Crippen LogP contribution < -0.4 is 0 Å². The van der Waals surface area contributed by atoms with Gasteiger partial charge >= 0.3 is 5.97 Å². The number of ether oxygens (including phenoxy) is 4. The van der Waals surface area contributed by atoms with Gasteiger partial charge in [0.1, 0.15) is 12.9 Å². The Morgan fingerprint density at radius 1 is 1.18 bits per heavy atom. The average Bonchev–Trinajstić information content (AvgIpc) is 2.51. The monoisotopic (exact) mass is 308 g/mol. The molecular weight excluding hydrogens is 284 g/mol. The van der Waals surface area contributed by atoms with Gasteiger partial charge in [-0.05, 0) is 18.6 Å². The Labute approximate surface area is 131 Å². The molecule has 0 N–H and O–H groups in total. The number of carbonyl (C=O) groups is 1. The summed E-state index contributed by atoms with van der Waals surface area (Å²) >= 11 is 0. The van der Waals surface area contributed by atoms with Gasteiger partial charge in [0.2, 0.25) is 0 Å². The van der Waals surface area contributed by atoms with E-state index in [4.69, 9.17) is 18.9 Å². The average molecular weight is 308 g/mol. The van der Waals surface area contributed by atoms with Crippen molar-refractivity contribution < 1.29 is 23.7 Å². The zero-order valence-corrected chi connectivity index (χ0v) is 13.4. The molecule has 0 fully saturated rings. The molecule has 122 valence electrons. The zero-order chi connectivity index (χ0) is 16.2. The first-order valence-electron chi connectivity index (χ1n) is 7.22. The molecule has 1 rings (SSSR count). The van der Waals surface area contributed by atoms with Crippen molar-refractivity contribution in [2.45, 2.75) is 26.1 Å². The maximum Gasteiger partial charge on any atom is 0.303 e. The van der Waals surface area contributed by atoms with Crippen LogP contribution in [0.15, 0.2) is 42.5 Å². The molecule has 0 heterocycles. The smallest absolute Gasteiger partial charge is 0.303 e. The Balaban J connectivity index is 2.48. The van der Waals surface area contributed by atoms with Crippen molar-refractivity contribution in [1.29, 1.82) is 0 Å². The van der Waals surface area contributed by atoms with Crippen LogP contribution in [-0.2, 0) is 23.7 Å². The molecule has 0 radical (unpaired) electrons. The van der Waals surface area contributed by atoms with E-state index in [9.17, 15) is 4.79 Å². The molecule has 0 saturated heterocycles. The standard InChI is InChI=1S/C17H24O5/c1-14(21-13-20-12-11-19-3)9-10-17(22-15(2)18)16-7-5-4-6-8-16/h4-10,14,17H,11-13H2,1-3H3/b10-9+/t14-,17+/m0/s1. The summed E-state index contributed by atoms with van der Waals surface area (Å²) in [5, 5.41) is 0. The second-order valence-electron chi connectivity index (χ2n) is 4.72. The molecule has 5 nitrogen and oxygen atoms in total. The Kier molecular flexibility index (Phi) is 9.14. The largest absolute Gasteiger partial charge is 0.453 e. The van der Waals surface area contributed by atoms with Crippen LogP contribution in [0.5, 0.6) is 0 Å². The number of hydrogen-bond donors (Lipinski definition) is 0. The number of methoxy groups -OCH3 is 1. The molecule has 22 heavy (non-hydrogen) atoms. The van der Waals surface area contributed by atoms with Crippen LogP contribution in [0.25, 0.3) is 0 Å². The molecule has 0 aliphatic rings. The van der Waals surface area contributed by atoms with Crippen molar-refractivity contribution in [1.82, 2.24) is 0 Å². The summed E-state index contributed by atoms with van der Waals surface area (Å²) in [5.74, 6) is -0.324. The van der Waals surface area contributed by atoms with E-state index in [1.165, 1.54) is 6.92 Å². The Bertz CT molecular complexity index is 444. The summed E-state index contributed by atoms with van der Waals surface area (Å²) < 4.78 is 20.9. The van der Waals surface area contributed by atoms with Crippen LogP contribution in [0.4, 0.5) is 0 Å². The SMILES string of the molecule is COCCOCO[C@@H](C)/C=C/[C@@H](OC(C)=O)c1ccccc1. The van der Waals surface area contributed by atoms with Gasteiger partial charge in [-0.1, -0.05) is 36.4 Å². The topological polar surface area (TPSA) is 54.0 Å². The predicted molar refractivity (Wildman–Crippen MR) is 83.3 cm³/mol. The summed E-state index contributed by atoms with van der Waals surface area (Å²) in [4.78, 5) is 11.2. The molecule has 0 spiro atoms. The van der Waals surface area contributed by atoms with Gasteiger partial charge in [0, 0.05) is 14.0 Å². The molecule has 0 aliphatic carbocycles. The second kappa shape index (κ2) is 11.0.